The third-order valence-corrected chi connectivity index (χ3v) is 7.11. The molecule has 2 aromatic carbocycles. The van der Waals surface area contributed by atoms with Crippen molar-refractivity contribution in [2.45, 2.75) is 16.7 Å². The Bertz CT molecular complexity index is 1600. The zero-order chi connectivity index (χ0) is 25.4. The first-order chi connectivity index (χ1) is 17.4. The van der Waals surface area contributed by atoms with Crippen molar-refractivity contribution >= 4 is 62.9 Å². The van der Waals surface area contributed by atoms with Crippen LogP contribution in [0.1, 0.15) is 10.4 Å². The summed E-state index contributed by atoms with van der Waals surface area (Å²) in [4.78, 5) is 24.3. The number of ether oxygens (including phenoxy) is 1. The Labute approximate surface area is 220 Å². The second-order valence-electron chi connectivity index (χ2n) is 8.12. The van der Waals surface area contributed by atoms with Gasteiger partial charge < -0.3 is 9.64 Å². The fraction of sp³-hybridized carbons (Fsp3) is 0.217. The monoisotopic (exact) mass is 542 g/mol. The zero-order valence-corrected chi connectivity index (χ0v) is 21.8. The van der Waals surface area contributed by atoms with Gasteiger partial charge >= 0.3 is 5.97 Å². The Kier molecular flexibility index (Phi) is 6.80. The molecule has 5 aromatic rings. The van der Waals surface area contributed by atoms with Gasteiger partial charge in [0.05, 0.1) is 45.8 Å². The number of rotatable bonds is 7. The van der Waals surface area contributed by atoms with E-state index >= 15 is 0 Å². The molecule has 0 radical (unpaired) electrons. The second-order valence-corrected chi connectivity index (χ2v) is 9.89. The maximum atomic E-state index is 12.5. The molecule has 0 amide bonds. The number of esters is 1. The van der Waals surface area contributed by atoms with Crippen LogP contribution in [0.5, 0.6) is 0 Å². The summed E-state index contributed by atoms with van der Waals surface area (Å²) in [5, 5.41) is 14.7. The Morgan fingerprint density at radius 2 is 1.83 bits per heavy atom. The number of methoxy groups -OCH3 is 1. The lowest BCUT2D eigenvalue weighted by atomic mass is 10.2. The summed E-state index contributed by atoms with van der Waals surface area (Å²) in [6.45, 7) is 1.35. The SMILES string of the molecule is COC(=O)c1cn(-c2nc3cc(Cl)c(Cl)cc3nc2Sc2nnnn2CCN(C)C)c2ccccc12. The van der Waals surface area contributed by atoms with E-state index in [-0.39, 0.29) is 0 Å². The molecular formula is C23H20Cl2N8O2S. The number of fused-ring (bicyclic) bond motifs is 2. The van der Waals surface area contributed by atoms with Crippen LogP contribution in [-0.2, 0) is 11.3 Å². The quantitative estimate of drug-likeness (QED) is 0.277. The van der Waals surface area contributed by atoms with Crippen molar-refractivity contribution in [1.82, 2.24) is 39.6 Å². The Hall–Kier alpha value is -3.25. The van der Waals surface area contributed by atoms with Gasteiger partial charge in [-0.1, -0.05) is 41.4 Å². The summed E-state index contributed by atoms with van der Waals surface area (Å²) in [5.41, 5.74) is 2.29. The highest BCUT2D eigenvalue weighted by Gasteiger charge is 2.22. The highest BCUT2D eigenvalue weighted by molar-refractivity contribution is 7.99. The van der Waals surface area contributed by atoms with Crippen LogP contribution in [0.3, 0.4) is 0 Å². The van der Waals surface area contributed by atoms with Gasteiger partial charge in [-0.3, -0.25) is 4.57 Å². The summed E-state index contributed by atoms with van der Waals surface area (Å²) >= 11 is 13.8. The van der Waals surface area contributed by atoms with Gasteiger partial charge in [0, 0.05) is 18.1 Å². The normalized spacial score (nSPS) is 11.6. The fourth-order valence-electron chi connectivity index (χ4n) is 3.67. The van der Waals surface area contributed by atoms with E-state index in [0.717, 1.165) is 17.4 Å². The third kappa shape index (κ3) is 4.62. The van der Waals surface area contributed by atoms with Crippen molar-refractivity contribution in [2.75, 3.05) is 27.7 Å². The third-order valence-electron chi connectivity index (χ3n) is 5.45. The van der Waals surface area contributed by atoms with E-state index in [0.29, 0.717) is 49.2 Å². The number of likely N-dealkylation sites (N-methyl/N-ethyl adjacent to an activating group) is 1. The standard InChI is InChI=1S/C23H20Cl2N8O2S/c1-31(2)8-9-33-23(28-29-30-33)36-21-20(26-17-10-15(24)16(25)11-18(17)27-21)32-12-14(22(34)35-3)13-6-4-5-7-19(13)32/h4-7,10-12H,8-9H2,1-3H3. The van der Waals surface area contributed by atoms with Crippen molar-refractivity contribution in [3.05, 3.63) is 58.2 Å². The molecule has 0 aliphatic heterocycles. The molecule has 3 heterocycles. The molecule has 10 nitrogen and oxygen atoms in total. The average Bonchev–Trinajstić information content (AvgIpc) is 3.47. The highest BCUT2D eigenvalue weighted by Crippen LogP contribution is 2.35. The van der Waals surface area contributed by atoms with E-state index < -0.39 is 5.97 Å². The number of nitrogens with zero attached hydrogens (tertiary/aromatic N) is 8. The Morgan fingerprint density at radius 3 is 2.56 bits per heavy atom. The summed E-state index contributed by atoms with van der Waals surface area (Å²) in [6.07, 6.45) is 1.70. The van der Waals surface area contributed by atoms with Crippen LogP contribution in [-0.4, -0.2) is 73.4 Å². The van der Waals surface area contributed by atoms with Crippen LogP contribution < -0.4 is 0 Å². The molecule has 0 N–H and O–H groups in total. The van der Waals surface area contributed by atoms with Gasteiger partial charge in [0.15, 0.2) is 5.82 Å². The molecule has 0 unspecified atom stereocenters. The highest BCUT2D eigenvalue weighted by atomic mass is 35.5. The maximum Gasteiger partial charge on any atom is 0.340 e. The first-order valence-electron chi connectivity index (χ1n) is 10.8. The Morgan fingerprint density at radius 1 is 1.11 bits per heavy atom. The minimum absolute atomic E-state index is 0.366. The molecule has 3 aromatic heterocycles. The molecule has 36 heavy (non-hydrogen) atoms. The molecule has 0 saturated heterocycles. The van der Waals surface area contributed by atoms with Gasteiger partial charge in [0.1, 0.15) is 5.03 Å². The molecule has 0 aliphatic carbocycles. The lowest BCUT2D eigenvalue weighted by molar-refractivity contribution is 0.0603. The lowest BCUT2D eigenvalue weighted by Crippen LogP contribution is -2.19. The van der Waals surface area contributed by atoms with Gasteiger partial charge in [-0.05, 0) is 54.5 Å². The Balaban J connectivity index is 1.71. The largest absolute Gasteiger partial charge is 0.465 e. The molecule has 0 aliphatic rings. The van der Waals surface area contributed by atoms with Gasteiger partial charge in [-0.25, -0.2) is 19.4 Å². The van der Waals surface area contributed by atoms with Crippen LogP contribution in [0.4, 0.5) is 0 Å². The van der Waals surface area contributed by atoms with E-state index in [4.69, 9.17) is 37.9 Å². The van der Waals surface area contributed by atoms with Crippen molar-refractivity contribution in [1.29, 1.82) is 0 Å². The second kappa shape index (κ2) is 10.0. The van der Waals surface area contributed by atoms with Gasteiger partial charge in [0.25, 0.3) is 0 Å². The number of halogens is 2. The predicted octanol–water partition coefficient (Wildman–Crippen LogP) is 4.37. The molecule has 0 atom stereocenters. The lowest BCUT2D eigenvalue weighted by Gasteiger charge is -2.13. The number of tetrazole rings is 1. The minimum Gasteiger partial charge on any atom is -0.465 e. The number of hydrogen-bond acceptors (Lipinski definition) is 9. The van der Waals surface area contributed by atoms with E-state index in [9.17, 15) is 4.79 Å². The summed E-state index contributed by atoms with van der Waals surface area (Å²) < 4.78 is 8.53. The van der Waals surface area contributed by atoms with Crippen molar-refractivity contribution < 1.29 is 9.53 Å². The van der Waals surface area contributed by atoms with Crippen molar-refractivity contribution in [3.63, 3.8) is 0 Å². The smallest absolute Gasteiger partial charge is 0.340 e. The summed E-state index contributed by atoms with van der Waals surface area (Å²) in [6, 6.07) is 10.8. The number of aromatic nitrogens is 7. The van der Waals surface area contributed by atoms with Gasteiger partial charge in [-0.15, -0.1) is 5.10 Å². The number of carbonyl (C=O) groups excluding carboxylic acids is 1. The molecule has 0 saturated carbocycles. The molecule has 5 rings (SSSR count). The molecule has 184 valence electrons. The van der Waals surface area contributed by atoms with E-state index in [2.05, 4.69) is 15.5 Å². The van der Waals surface area contributed by atoms with E-state index in [1.165, 1.54) is 18.9 Å². The number of carbonyl (C=O) groups is 1. The molecule has 0 spiro atoms. The molecular weight excluding hydrogens is 523 g/mol. The van der Waals surface area contributed by atoms with Crippen molar-refractivity contribution in [2.24, 2.45) is 0 Å². The van der Waals surface area contributed by atoms with Gasteiger partial charge in [0.2, 0.25) is 5.16 Å². The average molecular weight is 543 g/mol. The van der Waals surface area contributed by atoms with E-state index in [1.54, 1.807) is 23.0 Å². The number of hydrogen-bond donors (Lipinski definition) is 0. The predicted molar refractivity (Wildman–Crippen MR) is 138 cm³/mol. The zero-order valence-electron chi connectivity index (χ0n) is 19.5. The fourth-order valence-corrected chi connectivity index (χ4v) is 4.85. The van der Waals surface area contributed by atoms with Crippen molar-refractivity contribution in [3.8, 4) is 5.82 Å². The number of para-hydroxylation sites is 1. The first kappa shape index (κ1) is 24.4. The first-order valence-corrected chi connectivity index (χ1v) is 12.4. The molecule has 0 bridgehead atoms. The molecule has 13 heteroatoms. The van der Waals surface area contributed by atoms with E-state index in [1.807, 2.05) is 47.8 Å². The molecule has 0 fully saturated rings. The van der Waals surface area contributed by atoms with Crippen LogP contribution in [0.15, 0.2) is 52.8 Å². The van der Waals surface area contributed by atoms with Crippen LogP contribution in [0.2, 0.25) is 10.0 Å². The minimum atomic E-state index is -0.449. The summed E-state index contributed by atoms with van der Waals surface area (Å²) in [5.74, 6) is 0.0368. The van der Waals surface area contributed by atoms with Crippen LogP contribution in [0.25, 0.3) is 27.8 Å². The topological polar surface area (TPSA) is 104 Å². The number of benzene rings is 2. The van der Waals surface area contributed by atoms with Crippen LogP contribution in [0, 0.1) is 0 Å². The maximum absolute atomic E-state index is 12.5. The van der Waals surface area contributed by atoms with Gasteiger partial charge in [-0.2, -0.15) is 0 Å². The van der Waals surface area contributed by atoms with Crippen LogP contribution >= 0.6 is 35.0 Å². The summed E-state index contributed by atoms with van der Waals surface area (Å²) in [7, 11) is 5.31.